The second-order valence-corrected chi connectivity index (χ2v) is 6.02. The van der Waals surface area contributed by atoms with Gasteiger partial charge in [0.05, 0.1) is 17.7 Å². The van der Waals surface area contributed by atoms with Crippen LogP contribution in [0.25, 0.3) is 0 Å². The summed E-state index contributed by atoms with van der Waals surface area (Å²) in [6, 6.07) is 14.9. The summed E-state index contributed by atoms with van der Waals surface area (Å²) < 4.78 is 11.2. The molecule has 0 aromatic heterocycles. The van der Waals surface area contributed by atoms with Crippen molar-refractivity contribution in [1.82, 2.24) is 0 Å². The van der Waals surface area contributed by atoms with E-state index in [4.69, 9.17) is 20.5 Å². The van der Waals surface area contributed by atoms with Crippen LogP contribution in [0.5, 0.6) is 17.2 Å². The molecule has 2 rings (SSSR count). The number of nitrogens with one attached hydrogen (secondary N) is 1. The number of carbonyl (C=O) groups is 1. The minimum absolute atomic E-state index is 0.504. The number of carbonyl (C=O) groups excluding carboxylic acids is 1. The van der Waals surface area contributed by atoms with Crippen molar-refractivity contribution in [2.75, 3.05) is 19.0 Å². The lowest BCUT2D eigenvalue weighted by Gasteiger charge is -2.10. The van der Waals surface area contributed by atoms with Crippen molar-refractivity contribution in [3.8, 4) is 23.3 Å². The number of rotatable bonds is 6. The number of aldehydes is 1. The van der Waals surface area contributed by atoms with Gasteiger partial charge in [-0.3, -0.25) is 0 Å². The minimum Gasteiger partial charge on any atom is -0.492 e. The Balaban J connectivity index is 0.000000487. The van der Waals surface area contributed by atoms with Gasteiger partial charge in [-0.15, -0.1) is 0 Å². The lowest BCUT2D eigenvalue weighted by molar-refractivity contribution is -0.111. The monoisotopic (exact) mass is 355 g/mol. The van der Waals surface area contributed by atoms with Crippen LogP contribution in [0.1, 0.15) is 26.3 Å². The molecule has 0 saturated heterocycles. The summed E-state index contributed by atoms with van der Waals surface area (Å²) in [6.07, 6.45) is 0.715. The van der Waals surface area contributed by atoms with E-state index in [-0.39, 0.29) is 0 Å². The maximum atomic E-state index is 9.70. The average Bonchev–Trinajstić information content (AvgIpc) is 2.63. The minimum atomic E-state index is -0.639. The van der Waals surface area contributed by atoms with Gasteiger partial charge in [0.1, 0.15) is 29.6 Å². The molecule has 6 nitrogen and oxygen atoms in total. The molecule has 0 aliphatic carbocycles. The molecule has 0 saturated carbocycles. The summed E-state index contributed by atoms with van der Waals surface area (Å²) in [5.41, 5.74) is 6.05. The fraction of sp³-hybridized carbons (Fsp3) is 0.300. The Labute approximate surface area is 154 Å². The van der Waals surface area contributed by atoms with E-state index in [1.165, 1.54) is 0 Å². The van der Waals surface area contributed by atoms with E-state index in [0.717, 1.165) is 11.4 Å². The third-order valence-electron chi connectivity index (χ3n) is 3.06. The molecule has 0 fully saturated rings. The van der Waals surface area contributed by atoms with Gasteiger partial charge >= 0.3 is 0 Å². The molecule has 0 unspecified atom stereocenters. The zero-order valence-corrected chi connectivity index (χ0v) is 15.6. The fourth-order valence-corrected chi connectivity index (χ4v) is 1.76. The van der Waals surface area contributed by atoms with Crippen LogP contribution in [0.2, 0.25) is 0 Å². The number of nitrogens with two attached hydrogens (primary N) is 1. The summed E-state index contributed by atoms with van der Waals surface area (Å²) in [7, 11) is 1.87. The molecule has 0 amide bonds. The lowest BCUT2D eigenvalue weighted by Crippen LogP contribution is -2.33. The molecule has 0 radical (unpaired) electrons. The number of benzene rings is 2. The summed E-state index contributed by atoms with van der Waals surface area (Å²) in [6.45, 7) is 5.69. The fourth-order valence-electron chi connectivity index (χ4n) is 1.76. The standard InChI is InChI=1S/C16H16N2O2.C4H9NO/c1-3-19-16-10-15(7-4-12(16)11-17)20-14-8-5-13(18-2)6-9-14;1-4(2,5)3-6/h4-10,18H,3H2,1-2H3;3H,5H2,1-2H3. The van der Waals surface area contributed by atoms with E-state index < -0.39 is 5.54 Å². The highest BCUT2D eigenvalue weighted by atomic mass is 16.5. The molecule has 0 aliphatic heterocycles. The van der Waals surface area contributed by atoms with Crippen molar-refractivity contribution in [2.24, 2.45) is 5.73 Å². The van der Waals surface area contributed by atoms with Gasteiger partial charge in [0.15, 0.2) is 0 Å². The normalized spacial score (nSPS) is 10.0. The van der Waals surface area contributed by atoms with Gasteiger partial charge in [-0.2, -0.15) is 5.26 Å². The van der Waals surface area contributed by atoms with E-state index in [1.54, 1.807) is 32.0 Å². The highest BCUT2D eigenvalue weighted by Gasteiger charge is 2.06. The van der Waals surface area contributed by atoms with Crippen molar-refractivity contribution in [3.05, 3.63) is 48.0 Å². The van der Waals surface area contributed by atoms with Crippen molar-refractivity contribution in [3.63, 3.8) is 0 Å². The topological polar surface area (TPSA) is 97.4 Å². The highest BCUT2D eigenvalue weighted by molar-refractivity contribution is 5.61. The Hall–Kier alpha value is -3.04. The first-order valence-electron chi connectivity index (χ1n) is 8.20. The van der Waals surface area contributed by atoms with Gasteiger partial charge in [-0.25, -0.2) is 0 Å². The van der Waals surface area contributed by atoms with Crippen molar-refractivity contribution in [1.29, 1.82) is 5.26 Å². The van der Waals surface area contributed by atoms with Gasteiger partial charge in [-0.05, 0) is 57.2 Å². The van der Waals surface area contributed by atoms with Gasteiger partial charge in [0.2, 0.25) is 0 Å². The molecule has 2 aromatic carbocycles. The zero-order chi connectivity index (χ0) is 19.6. The van der Waals surface area contributed by atoms with Crippen LogP contribution in [-0.4, -0.2) is 25.5 Å². The van der Waals surface area contributed by atoms with Crippen LogP contribution in [-0.2, 0) is 4.79 Å². The molecular formula is C20H25N3O3. The van der Waals surface area contributed by atoms with Crippen LogP contribution in [0.15, 0.2) is 42.5 Å². The SMILES string of the molecule is CC(C)(N)C=O.CCOc1cc(Oc2ccc(NC)cc2)ccc1C#N. The Morgan fingerprint density at radius 2 is 1.77 bits per heavy atom. The summed E-state index contributed by atoms with van der Waals surface area (Å²) in [5.74, 6) is 1.92. The number of hydrogen-bond donors (Lipinski definition) is 2. The van der Waals surface area contributed by atoms with Crippen LogP contribution < -0.4 is 20.5 Å². The van der Waals surface area contributed by atoms with Crippen molar-refractivity contribution in [2.45, 2.75) is 26.3 Å². The maximum absolute atomic E-state index is 9.70. The first-order chi connectivity index (χ1) is 12.3. The van der Waals surface area contributed by atoms with Crippen LogP contribution in [0, 0.1) is 11.3 Å². The van der Waals surface area contributed by atoms with Gasteiger partial charge in [0.25, 0.3) is 0 Å². The van der Waals surface area contributed by atoms with Gasteiger partial charge in [-0.1, -0.05) is 0 Å². The Morgan fingerprint density at radius 1 is 1.19 bits per heavy atom. The van der Waals surface area contributed by atoms with E-state index >= 15 is 0 Å². The zero-order valence-electron chi connectivity index (χ0n) is 15.6. The maximum Gasteiger partial charge on any atom is 0.140 e. The molecule has 138 valence electrons. The second kappa shape index (κ2) is 10.1. The second-order valence-electron chi connectivity index (χ2n) is 6.02. The molecular weight excluding hydrogens is 330 g/mol. The first-order valence-corrected chi connectivity index (χ1v) is 8.20. The number of nitriles is 1. The lowest BCUT2D eigenvalue weighted by atomic mass is 10.1. The third-order valence-corrected chi connectivity index (χ3v) is 3.06. The van der Waals surface area contributed by atoms with Crippen molar-refractivity contribution >= 4 is 12.0 Å². The molecule has 0 atom stereocenters. The predicted molar refractivity (Wildman–Crippen MR) is 103 cm³/mol. The number of ether oxygens (including phenoxy) is 2. The Morgan fingerprint density at radius 3 is 2.23 bits per heavy atom. The molecule has 2 aromatic rings. The number of nitrogens with zero attached hydrogens (tertiary/aromatic N) is 1. The molecule has 0 heterocycles. The van der Waals surface area contributed by atoms with E-state index in [0.29, 0.717) is 30.0 Å². The predicted octanol–water partition coefficient (Wildman–Crippen LogP) is 3.71. The molecule has 0 spiro atoms. The Bertz CT molecular complexity index is 744. The summed E-state index contributed by atoms with van der Waals surface area (Å²) in [4.78, 5) is 9.70. The summed E-state index contributed by atoms with van der Waals surface area (Å²) >= 11 is 0. The van der Waals surface area contributed by atoms with Gasteiger partial charge < -0.3 is 25.3 Å². The molecule has 26 heavy (non-hydrogen) atoms. The van der Waals surface area contributed by atoms with Crippen molar-refractivity contribution < 1.29 is 14.3 Å². The first kappa shape index (κ1) is 21.0. The van der Waals surface area contributed by atoms with Gasteiger partial charge in [0, 0.05) is 18.8 Å². The quantitative estimate of drug-likeness (QED) is 0.767. The Kier molecular flexibility index (Phi) is 8.13. The van der Waals surface area contributed by atoms with E-state index in [1.807, 2.05) is 38.2 Å². The smallest absolute Gasteiger partial charge is 0.140 e. The third kappa shape index (κ3) is 7.24. The largest absolute Gasteiger partial charge is 0.492 e. The van der Waals surface area contributed by atoms with Crippen LogP contribution in [0.4, 0.5) is 5.69 Å². The number of anilines is 1. The number of hydrogen-bond acceptors (Lipinski definition) is 6. The molecule has 6 heteroatoms. The van der Waals surface area contributed by atoms with E-state index in [2.05, 4.69) is 11.4 Å². The van der Waals surface area contributed by atoms with E-state index in [9.17, 15) is 4.79 Å². The molecule has 0 aliphatic rings. The highest BCUT2D eigenvalue weighted by Crippen LogP contribution is 2.28. The average molecular weight is 355 g/mol. The summed E-state index contributed by atoms with van der Waals surface area (Å²) in [5, 5.41) is 12.1. The van der Waals surface area contributed by atoms with Crippen LogP contribution >= 0.6 is 0 Å². The van der Waals surface area contributed by atoms with Crippen LogP contribution in [0.3, 0.4) is 0 Å². The molecule has 0 bridgehead atoms. The molecule has 3 N–H and O–H groups in total.